The summed E-state index contributed by atoms with van der Waals surface area (Å²) >= 11 is 5.98. The van der Waals surface area contributed by atoms with Crippen LogP contribution in [0.4, 0.5) is 16.0 Å². The monoisotopic (exact) mass is 480 g/mol. The summed E-state index contributed by atoms with van der Waals surface area (Å²) in [6.07, 6.45) is 1.79. The highest BCUT2D eigenvalue weighted by atomic mass is 35.5. The van der Waals surface area contributed by atoms with Gasteiger partial charge in [-0.1, -0.05) is 29.8 Å². The quantitative estimate of drug-likeness (QED) is 0.408. The van der Waals surface area contributed by atoms with Crippen molar-refractivity contribution in [3.8, 4) is 17.0 Å². The Kier molecular flexibility index (Phi) is 6.36. The van der Waals surface area contributed by atoms with Gasteiger partial charge in [0, 0.05) is 50.2 Å². The number of likely N-dealkylation sites (N-methyl/N-ethyl adjacent to an activating group) is 1. The van der Waals surface area contributed by atoms with Crippen LogP contribution in [-0.2, 0) is 6.54 Å². The minimum atomic E-state index is -0.463. The molecule has 0 aliphatic carbocycles. The Hall–Kier alpha value is -3.20. The summed E-state index contributed by atoms with van der Waals surface area (Å²) < 4.78 is 19.2. The van der Waals surface area contributed by atoms with E-state index in [1.54, 1.807) is 25.4 Å². The standard InChI is InChI=1S/C25H26ClFN6O/c1-32-9-11-33(12-10-32)15-16-3-6-18(7-4-16)29-25-30-23-22(24(31-25)34-2)19(14-28-23)17-5-8-21(27)20(26)13-17/h3-8,13-14H,9-12,15H2,1-2H3,(H2,28,29,30,31). The van der Waals surface area contributed by atoms with E-state index >= 15 is 0 Å². The van der Waals surface area contributed by atoms with Crippen LogP contribution in [0, 0.1) is 5.82 Å². The van der Waals surface area contributed by atoms with Crippen LogP contribution in [0.15, 0.2) is 48.7 Å². The lowest BCUT2D eigenvalue weighted by Gasteiger charge is -2.32. The Morgan fingerprint density at radius 1 is 1.09 bits per heavy atom. The van der Waals surface area contributed by atoms with Gasteiger partial charge in [0.05, 0.1) is 17.5 Å². The van der Waals surface area contributed by atoms with Gasteiger partial charge in [-0.15, -0.1) is 0 Å². The first kappa shape index (κ1) is 22.6. The fraction of sp³-hybridized carbons (Fsp3) is 0.280. The minimum absolute atomic E-state index is 0.0566. The normalized spacial score (nSPS) is 15.1. The van der Waals surface area contributed by atoms with Crippen LogP contribution >= 0.6 is 11.6 Å². The molecule has 2 aromatic carbocycles. The highest BCUT2D eigenvalue weighted by Gasteiger charge is 2.17. The molecule has 1 saturated heterocycles. The highest BCUT2D eigenvalue weighted by molar-refractivity contribution is 6.31. The SMILES string of the molecule is COc1nc(Nc2ccc(CN3CCN(C)CC3)cc2)nc2[nH]cc(-c3ccc(F)c(Cl)c3)c12. The second-order valence-electron chi connectivity index (χ2n) is 8.51. The molecule has 0 spiro atoms. The molecule has 0 amide bonds. The Labute approximate surface area is 202 Å². The van der Waals surface area contributed by atoms with Crippen molar-refractivity contribution in [2.45, 2.75) is 6.54 Å². The number of benzene rings is 2. The summed E-state index contributed by atoms with van der Waals surface area (Å²) in [5, 5.41) is 4.02. The number of nitrogens with one attached hydrogen (secondary N) is 2. The van der Waals surface area contributed by atoms with Gasteiger partial charge in [-0.2, -0.15) is 9.97 Å². The molecule has 34 heavy (non-hydrogen) atoms. The first-order valence-electron chi connectivity index (χ1n) is 11.2. The zero-order valence-corrected chi connectivity index (χ0v) is 19.9. The molecule has 176 valence electrons. The minimum Gasteiger partial charge on any atom is -0.480 e. The molecule has 9 heteroatoms. The first-order chi connectivity index (χ1) is 16.5. The zero-order chi connectivity index (χ0) is 23.7. The van der Waals surface area contributed by atoms with Crippen molar-refractivity contribution in [3.63, 3.8) is 0 Å². The highest BCUT2D eigenvalue weighted by Crippen LogP contribution is 2.36. The molecule has 0 radical (unpaired) electrons. The van der Waals surface area contributed by atoms with Crippen molar-refractivity contribution in [2.24, 2.45) is 0 Å². The predicted octanol–water partition coefficient (Wildman–Crippen LogP) is 4.92. The molecule has 5 rings (SSSR count). The summed E-state index contributed by atoms with van der Waals surface area (Å²) in [6, 6.07) is 12.9. The van der Waals surface area contributed by atoms with Gasteiger partial charge in [0.25, 0.3) is 0 Å². The van der Waals surface area contributed by atoms with E-state index in [-0.39, 0.29) is 5.02 Å². The van der Waals surface area contributed by atoms with Gasteiger partial charge in [-0.25, -0.2) is 4.39 Å². The average Bonchev–Trinajstić information content (AvgIpc) is 3.27. The van der Waals surface area contributed by atoms with Crippen LogP contribution in [0.25, 0.3) is 22.2 Å². The summed E-state index contributed by atoms with van der Waals surface area (Å²) in [5.74, 6) is 0.368. The largest absolute Gasteiger partial charge is 0.480 e. The number of hydrogen-bond donors (Lipinski definition) is 2. The van der Waals surface area contributed by atoms with Crippen LogP contribution in [0.2, 0.25) is 5.02 Å². The van der Waals surface area contributed by atoms with Gasteiger partial charge in [0.1, 0.15) is 11.5 Å². The Morgan fingerprint density at radius 2 is 1.85 bits per heavy atom. The first-order valence-corrected chi connectivity index (χ1v) is 11.5. The van der Waals surface area contributed by atoms with Gasteiger partial charge < -0.3 is 19.9 Å². The second-order valence-corrected chi connectivity index (χ2v) is 8.92. The van der Waals surface area contributed by atoms with Gasteiger partial charge in [0.15, 0.2) is 0 Å². The van der Waals surface area contributed by atoms with Crippen molar-refractivity contribution in [3.05, 3.63) is 65.1 Å². The molecule has 4 aromatic rings. The number of fused-ring (bicyclic) bond motifs is 1. The molecular weight excluding hydrogens is 455 g/mol. The van der Waals surface area contributed by atoms with Crippen LogP contribution in [0.5, 0.6) is 5.88 Å². The maximum atomic E-state index is 13.6. The number of anilines is 2. The molecule has 2 aromatic heterocycles. The van der Waals surface area contributed by atoms with E-state index in [4.69, 9.17) is 16.3 Å². The smallest absolute Gasteiger partial charge is 0.232 e. The molecule has 1 aliphatic heterocycles. The molecule has 3 heterocycles. The number of halogens is 2. The number of piperazine rings is 1. The molecule has 0 unspecified atom stereocenters. The average molecular weight is 481 g/mol. The maximum Gasteiger partial charge on any atom is 0.232 e. The number of methoxy groups -OCH3 is 1. The summed E-state index contributed by atoms with van der Waals surface area (Å²) in [6.45, 7) is 5.34. The van der Waals surface area contributed by atoms with Gasteiger partial charge in [-0.3, -0.25) is 4.90 Å². The molecule has 0 saturated carbocycles. The lowest BCUT2D eigenvalue weighted by atomic mass is 10.1. The Bertz CT molecular complexity index is 1300. The fourth-order valence-corrected chi connectivity index (χ4v) is 4.36. The van der Waals surface area contributed by atoms with E-state index in [1.165, 1.54) is 11.6 Å². The van der Waals surface area contributed by atoms with Crippen LogP contribution in [0.3, 0.4) is 0 Å². The predicted molar refractivity (Wildman–Crippen MR) is 133 cm³/mol. The summed E-state index contributed by atoms with van der Waals surface area (Å²) in [5.41, 5.74) is 4.30. The summed E-state index contributed by atoms with van der Waals surface area (Å²) in [7, 11) is 3.73. The lowest BCUT2D eigenvalue weighted by molar-refractivity contribution is 0.148. The van der Waals surface area contributed by atoms with Crippen molar-refractivity contribution in [1.82, 2.24) is 24.8 Å². The molecular formula is C25H26ClFN6O. The van der Waals surface area contributed by atoms with Crippen LogP contribution < -0.4 is 10.1 Å². The second kappa shape index (κ2) is 9.58. The number of H-pyrrole nitrogens is 1. The van der Waals surface area contributed by atoms with Crippen molar-refractivity contribution >= 4 is 34.3 Å². The fourth-order valence-electron chi connectivity index (χ4n) is 4.18. The number of ether oxygens (including phenoxy) is 1. The zero-order valence-electron chi connectivity index (χ0n) is 19.1. The molecule has 7 nitrogen and oxygen atoms in total. The third kappa shape index (κ3) is 4.70. The molecule has 0 atom stereocenters. The van der Waals surface area contributed by atoms with Crippen molar-refractivity contribution < 1.29 is 9.13 Å². The van der Waals surface area contributed by atoms with E-state index in [0.29, 0.717) is 22.9 Å². The van der Waals surface area contributed by atoms with E-state index in [2.05, 4.69) is 49.2 Å². The molecule has 2 N–H and O–H groups in total. The van der Waals surface area contributed by atoms with Gasteiger partial charge in [0.2, 0.25) is 11.8 Å². The van der Waals surface area contributed by atoms with Gasteiger partial charge in [-0.05, 0) is 42.4 Å². The van der Waals surface area contributed by atoms with Gasteiger partial charge >= 0.3 is 0 Å². The number of aromatic nitrogens is 3. The maximum absolute atomic E-state index is 13.6. The Balaban J connectivity index is 1.35. The topological polar surface area (TPSA) is 69.3 Å². The number of aromatic amines is 1. The number of rotatable bonds is 6. The van der Waals surface area contributed by atoms with Crippen molar-refractivity contribution in [2.75, 3.05) is 45.7 Å². The van der Waals surface area contributed by atoms with Crippen molar-refractivity contribution in [1.29, 1.82) is 0 Å². The summed E-state index contributed by atoms with van der Waals surface area (Å²) in [4.78, 5) is 17.2. The van der Waals surface area contributed by atoms with Crippen LogP contribution in [-0.4, -0.2) is 65.1 Å². The van der Waals surface area contributed by atoms with E-state index in [9.17, 15) is 4.39 Å². The Morgan fingerprint density at radius 3 is 2.56 bits per heavy atom. The third-order valence-electron chi connectivity index (χ3n) is 6.13. The van der Waals surface area contributed by atoms with E-state index < -0.39 is 5.82 Å². The molecule has 1 aliphatic rings. The molecule has 0 bridgehead atoms. The van der Waals surface area contributed by atoms with E-state index in [1.807, 2.05) is 12.1 Å². The van der Waals surface area contributed by atoms with E-state index in [0.717, 1.165) is 49.5 Å². The third-order valence-corrected chi connectivity index (χ3v) is 6.42. The van der Waals surface area contributed by atoms with Crippen LogP contribution in [0.1, 0.15) is 5.56 Å². The molecule has 1 fully saturated rings. The number of hydrogen-bond acceptors (Lipinski definition) is 6. The number of nitrogens with zero attached hydrogens (tertiary/aromatic N) is 4. The lowest BCUT2D eigenvalue weighted by Crippen LogP contribution is -2.43.